The van der Waals surface area contributed by atoms with Crippen molar-refractivity contribution in [2.75, 3.05) is 26.2 Å². The smallest absolute Gasteiger partial charge is 0.329 e. The average molecular weight is 284 g/mol. The molecule has 20 heavy (non-hydrogen) atoms. The predicted molar refractivity (Wildman–Crippen MR) is 73.4 cm³/mol. The number of hydrogen-bond donors (Lipinski definition) is 2. The Kier molecular flexibility index (Phi) is 4.52. The third kappa shape index (κ3) is 2.49. The monoisotopic (exact) mass is 284 g/mol. The van der Waals surface area contributed by atoms with Crippen LogP contribution in [0.1, 0.15) is 39.0 Å². The normalized spacial score (nSPS) is 30.0. The molecule has 0 radical (unpaired) electrons. The van der Waals surface area contributed by atoms with E-state index in [0.29, 0.717) is 32.5 Å². The Morgan fingerprint density at radius 2 is 2.10 bits per heavy atom. The van der Waals surface area contributed by atoms with Gasteiger partial charge in [0.2, 0.25) is 0 Å². The highest BCUT2D eigenvalue weighted by molar-refractivity contribution is 5.87. The van der Waals surface area contributed by atoms with E-state index in [0.717, 1.165) is 19.3 Å². The van der Waals surface area contributed by atoms with Crippen LogP contribution in [0.2, 0.25) is 0 Å². The molecule has 114 valence electrons. The summed E-state index contributed by atoms with van der Waals surface area (Å²) in [5, 5.41) is 18.8. The van der Waals surface area contributed by atoms with Crippen LogP contribution in [0.5, 0.6) is 0 Å². The van der Waals surface area contributed by atoms with Crippen LogP contribution in [0, 0.1) is 5.92 Å². The molecule has 0 spiro atoms. The van der Waals surface area contributed by atoms with Crippen molar-refractivity contribution in [1.29, 1.82) is 0 Å². The summed E-state index contributed by atoms with van der Waals surface area (Å²) in [5.41, 5.74) is -1.02. The Bertz CT molecular complexity index is 387. The van der Waals surface area contributed by atoms with E-state index in [1.807, 2.05) is 6.92 Å². The van der Waals surface area contributed by atoms with Gasteiger partial charge in [-0.1, -0.05) is 13.3 Å². The van der Waals surface area contributed by atoms with E-state index in [1.54, 1.807) is 9.80 Å². The lowest BCUT2D eigenvalue weighted by molar-refractivity contribution is -0.148. The van der Waals surface area contributed by atoms with Crippen molar-refractivity contribution in [1.82, 2.24) is 9.80 Å². The fraction of sp³-hybridized carbons (Fsp3) is 0.857. The molecule has 0 bridgehead atoms. The number of carbonyl (C=O) groups excluding carboxylic acids is 1. The van der Waals surface area contributed by atoms with Gasteiger partial charge < -0.3 is 20.0 Å². The van der Waals surface area contributed by atoms with Gasteiger partial charge in [-0.05, 0) is 25.7 Å². The van der Waals surface area contributed by atoms with Crippen molar-refractivity contribution in [2.45, 2.75) is 44.6 Å². The molecule has 2 amide bonds. The summed E-state index contributed by atoms with van der Waals surface area (Å²) in [5.74, 6) is -0.755. The number of hydrogen-bond acceptors (Lipinski definition) is 3. The van der Waals surface area contributed by atoms with E-state index >= 15 is 0 Å². The quantitative estimate of drug-likeness (QED) is 0.811. The molecule has 2 fully saturated rings. The molecule has 2 aliphatic heterocycles. The molecule has 2 heterocycles. The van der Waals surface area contributed by atoms with Crippen molar-refractivity contribution in [2.24, 2.45) is 5.92 Å². The number of aliphatic hydroxyl groups is 1. The fourth-order valence-electron chi connectivity index (χ4n) is 3.49. The first-order valence-corrected chi connectivity index (χ1v) is 7.46. The zero-order valence-electron chi connectivity index (χ0n) is 12.0. The van der Waals surface area contributed by atoms with Crippen molar-refractivity contribution in [3.63, 3.8) is 0 Å². The minimum absolute atomic E-state index is 0.0861. The summed E-state index contributed by atoms with van der Waals surface area (Å²) in [6.45, 7) is 3.70. The van der Waals surface area contributed by atoms with Gasteiger partial charge in [-0.3, -0.25) is 0 Å². The highest BCUT2D eigenvalue weighted by atomic mass is 16.4. The van der Waals surface area contributed by atoms with E-state index < -0.39 is 11.5 Å². The first kappa shape index (κ1) is 15.1. The Morgan fingerprint density at radius 1 is 1.35 bits per heavy atom. The number of nitrogens with zero attached hydrogens (tertiary/aromatic N) is 2. The van der Waals surface area contributed by atoms with Gasteiger partial charge in [0.25, 0.3) is 0 Å². The van der Waals surface area contributed by atoms with Crippen LogP contribution < -0.4 is 0 Å². The standard InChI is InChI=1S/C14H24N2O4/c1-2-5-14(12(18)19)6-3-7-16(14)13(20)15-8-4-11(9-15)10-17/h11,17H,2-10H2,1H3,(H,18,19). The van der Waals surface area contributed by atoms with Crippen LogP contribution in [0.15, 0.2) is 0 Å². The maximum Gasteiger partial charge on any atom is 0.329 e. The van der Waals surface area contributed by atoms with Crippen molar-refractivity contribution < 1.29 is 19.8 Å². The Hall–Kier alpha value is -1.30. The van der Waals surface area contributed by atoms with Crippen molar-refractivity contribution in [3.05, 3.63) is 0 Å². The molecule has 2 atom stereocenters. The second kappa shape index (κ2) is 5.99. The molecule has 0 aliphatic carbocycles. The summed E-state index contributed by atoms with van der Waals surface area (Å²) in [6.07, 6.45) is 3.33. The highest BCUT2D eigenvalue weighted by Crippen LogP contribution is 2.35. The second-order valence-corrected chi connectivity index (χ2v) is 5.91. The molecule has 2 N–H and O–H groups in total. The fourth-order valence-corrected chi connectivity index (χ4v) is 3.49. The molecule has 2 saturated heterocycles. The van der Waals surface area contributed by atoms with Gasteiger partial charge in [0.05, 0.1) is 0 Å². The van der Waals surface area contributed by atoms with Gasteiger partial charge in [-0.2, -0.15) is 0 Å². The molecule has 0 aromatic heterocycles. The lowest BCUT2D eigenvalue weighted by Gasteiger charge is -2.37. The largest absolute Gasteiger partial charge is 0.479 e. The summed E-state index contributed by atoms with van der Waals surface area (Å²) in [6, 6.07) is -0.172. The van der Waals surface area contributed by atoms with E-state index in [-0.39, 0.29) is 18.6 Å². The molecule has 0 saturated carbocycles. The number of amides is 2. The summed E-state index contributed by atoms with van der Waals surface area (Å²) in [7, 11) is 0. The van der Waals surface area contributed by atoms with Crippen molar-refractivity contribution >= 4 is 12.0 Å². The van der Waals surface area contributed by atoms with Gasteiger partial charge >= 0.3 is 12.0 Å². The lowest BCUT2D eigenvalue weighted by atomic mass is 9.91. The first-order chi connectivity index (χ1) is 9.55. The topological polar surface area (TPSA) is 81.1 Å². The molecular weight excluding hydrogens is 260 g/mol. The Balaban J connectivity index is 2.13. The van der Waals surface area contributed by atoms with E-state index in [2.05, 4.69) is 0 Å². The Morgan fingerprint density at radius 3 is 2.65 bits per heavy atom. The van der Waals surface area contributed by atoms with Crippen LogP contribution in [-0.2, 0) is 4.79 Å². The third-order valence-corrected chi connectivity index (χ3v) is 4.60. The minimum Gasteiger partial charge on any atom is -0.479 e. The minimum atomic E-state index is -1.02. The van der Waals surface area contributed by atoms with Gasteiger partial charge in [-0.15, -0.1) is 0 Å². The van der Waals surface area contributed by atoms with E-state index in [4.69, 9.17) is 5.11 Å². The molecule has 6 nitrogen and oxygen atoms in total. The third-order valence-electron chi connectivity index (χ3n) is 4.60. The van der Waals surface area contributed by atoms with E-state index in [9.17, 15) is 14.7 Å². The van der Waals surface area contributed by atoms with Gasteiger partial charge in [-0.25, -0.2) is 9.59 Å². The van der Waals surface area contributed by atoms with Crippen LogP contribution in [0.3, 0.4) is 0 Å². The van der Waals surface area contributed by atoms with Crippen LogP contribution in [-0.4, -0.2) is 63.8 Å². The molecule has 0 aromatic rings. The average Bonchev–Trinajstić information content (AvgIpc) is 3.05. The number of urea groups is 1. The maximum atomic E-state index is 12.6. The Labute approximate surface area is 119 Å². The van der Waals surface area contributed by atoms with Crippen LogP contribution >= 0.6 is 0 Å². The molecule has 2 aliphatic rings. The number of carbonyl (C=O) groups is 2. The maximum absolute atomic E-state index is 12.6. The van der Waals surface area contributed by atoms with E-state index in [1.165, 1.54) is 0 Å². The molecular formula is C14H24N2O4. The van der Waals surface area contributed by atoms with Gasteiger partial charge in [0.1, 0.15) is 5.54 Å². The molecule has 6 heteroatoms. The second-order valence-electron chi connectivity index (χ2n) is 5.91. The zero-order valence-corrected chi connectivity index (χ0v) is 12.0. The summed E-state index contributed by atoms with van der Waals surface area (Å²) < 4.78 is 0. The lowest BCUT2D eigenvalue weighted by Crippen LogP contribution is -2.56. The highest BCUT2D eigenvalue weighted by Gasteiger charge is 2.50. The predicted octanol–water partition coefficient (Wildman–Crippen LogP) is 1.14. The number of aliphatic hydroxyl groups excluding tert-OH is 1. The first-order valence-electron chi connectivity index (χ1n) is 7.46. The molecule has 0 aromatic carbocycles. The number of likely N-dealkylation sites (tertiary alicyclic amines) is 2. The SMILES string of the molecule is CCCC1(C(=O)O)CCCN1C(=O)N1CCC(CO)C1. The van der Waals surface area contributed by atoms with Gasteiger partial charge in [0.15, 0.2) is 0 Å². The number of rotatable bonds is 4. The van der Waals surface area contributed by atoms with Crippen molar-refractivity contribution in [3.8, 4) is 0 Å². The number of carboxylic acids is 1. The molecule has 2 unspecified atom stereocenters. The summed E-state index contributed by atoms with van der Waals surface area (Å²) in [4.78, 5) is 27.6. The molecule has 2 rings (SSSR count). The van der Waals surface area contributed by atoms with Crippen LogP contribution in [0.4, 0.5) is 4.79 Å². The summed E-state index contributed by atoms with van der Waals surface area (Å²) >= 11 is 0. The zero-order chi connectivity index (χ0) is 14.8. The number of carboxylic acid groups (broad SMARTS) is 1. The van der Waals surface area contributed by atoms with Crippen LogP contribution in [0.25, 0.3) is 0 Å². The van der Waals surface area contributed by atoms with Gasteiger partial charge in [0, 0.05) is 32.2 Å². The number of aliphatic carboxylic acids is 1.